The van der Waals surface area contributed by atoms with Crippen molar-refractivity contribution in [1.82, 2.24) is 15.6 Å². The number of anilines is 2. The zero-order chi connectivity index (χ0) is 32.1. The topological polar surface area (TPSA) is 133 Å². The molecule has 13 heteroatoms. The largest absolute Gasteiger partial charge is 0.491 e. The highest BCUT2D eigenvalue weighted by Gasteiger charge is 2.32. The van der Waals surface area contributed by atoms with Crippen LogP contribution in [0.5, 0.6) is 5.75 Å². The van der Waals surface area contributed by atoms with Gasteiger partial charge in [-0.1, -0.05) is 12.8 Å². The third-order valence-corrected chi connectivity index (χ3v) is 9.50. The third-order valence-electron chi connectivity index (χ3n) is 7.36. The van der Waals surface area contributed by atoms with E-state index in [4.69, 9.17) is 11.2 Å². The van der Waals surface area contributed by atoms with Crippen molar-refractivity contribution in [3.8, 4) is 18.1 Å². The highest BCUT2D eigenvalue weighted by Crippen LogP contribution is 2.37. The number of benzene rings is 1. The van der Waals surface area contributed by atoms with Gasteiger partial charge in [0.25, 0.3) is 5.91 Å². The molecule has 3 rings (SSSR count). The highest BCUT2D eigenvalue weighted by atomic mass is 32.2. The van der Waals surface area contributed by atoms with Crippen molar-refractivity contribution in [2.75, 3.05) is 36.4 Å². The number of aliphatic hydroxyl groups excluding tert-OH is 1. The number of amides is 1. The second-order valence-corrected chi connectivity index (χ2v) is 14.2. The van der Waals surface area contributed by atoms with Crippen LogP contribution < -0.4 is 25.0 Å². The maximum atomic E-state index is 13.7. The van der Waals surface area contributed by atoms with Gasteiger partial charge in [-0.3, -0.25) is 14.4 Å². The van der Waals surface area contributed by atoms with Crippen molar-refractivity contribution in [3.05, 3.63) is 47.5 Å². The molecule has 0 unspecified atom stereocenters. The number of aliphatic hydroxyl groups is 1. The molecule has 1 aliphatic carbocycles. The van der Waals surface area contributed by atoms with E-state index in [9.17, 15) is 27.1 Å². The summed E-state index contributed by atoms with van der Waals surface area (Å²) in [6.45, 7) is 8.89. The number of terminal acetylenes is 1. The Morgan fingerprint density at radius 1 is 1.23 bits per heavy atom. The fraction of sp³-hybridized carbons (Fsp3) is 0.533. The van der Waals surface area contributed by atoms with Gasteiger partial charge in [-0.15, -0.1) is 6.42 Å². The lowest BCUT2D eigenvalue weighted by Crippen LogP contribution is -2.53. The Kier molecular flexibility index (Phi) is 11.0. The SMILES string of the molecule is C#CC(C)(C)NC[C@@H](O)[C@H](COc1cc(F)cc(F)c1)NC(=O)c1cc(NC[C@H]2C[C@@H]2C)nc(N(C)S(=O)(=O)C(C)C)c1. The maximum absolute atomic E-state index is 13.7. The summed E-state index contributed by atoms with van der Waals surface area (Å²) in [6, 6.07) is 4.41. The Morgan fingerprint density at radius 2 is 1.86 bits per heavy atom. The summed E-state index contributed by atoms with van der Waals surface area (Å²) in [6.07, 6.45) is 5.34. The number of carbonyl (C=O) groups excluding carboxylic acids is 1. The molecule has 1 amide bonds. The summed E-state index contributed by atoms with van der Waals surface area (Å²) in [5.41, 5.74) is -0.693. The molecule has 4 atom stereocenters. The van der Waals surface area contributed by atoms with Crippen molar-refractivity contribution in [2.24, 2.45) is 11.8 Å². The highest BCUT2D eigenvalue weighted by molar-refractivity contribution is 7.93. The van der Waals surface area contributed by atoms with E-state index in [0.29, 0.717) is 30.3 Å². The molecule has 43 heavy (non-hydrogen) atoms. The average Bonchev–Trinajstić information content (AvgIpc) is 3.66. The number of halogens is 2. The minimum absolute atomic E-state index is 0.0358. The lowest BCUT2D eigenvalue weighted by atomic mass is 10.1. The average molecular weight is 622 g/mol. The van der Waals surface area contributed by atoms with Gasteiger partial charge >= 0.3 is 0 Å². The minimum Gasteiger partial charge on any atom is -0.491 e. The van der Waals surface area contributed by atoms with Gasteiger partial charge < -0.3 is 20.5 Å². The van der Waals surface area contributed by atoms with Crippen LogP contribution in [0.15, 0.2) is 30.3 Å². The second kappa shape index (κ2) is 13.9. The molecule has 1 fully saturated rings. The molecule has 1 aromatic carbocycles. The van der Waals surface area contributed by atoms with Crippen LogP contribution >= 0.6 is 0 Å². The van der Waals surface area contributed by atoms with Gasteiger partial charge in [0.2, 0.25) is 10.0 Å². The first-order chi connectivity index (χ1) is 20.0. The molecule has 236 valence electrons. The van der Waals surface area contributed by atoms with Gasteiger partial charge in [0.15, 0.2) is 0 Å². The van der Waals surface area contributed by atoms with Crippen LogP contribution in [-0.4, -0.2) is 74.1 Å². The zero-order valence-corrected chi connectivity index (χ0v) is 26.1. The van der Waals surface area contributed by atoms with Crippen molar-refractivity contribution >= 4 is 27.6 Å². The minimum atomic E-state index is -3.76. The Hall–Kier alpha value is -3.47. The number of ether oxygens (including phenoxy) is 1. The molecule has 1 saturated carbocycles. The van der Waals surface area contributed by atoms with Gasteiger partial charge in [-0.25, -0.2) is 22.2 Å². The molecule has 0 aliphatic heterocycles. The summed E-state index contributed by atoms with van der Waals surface area (Å²) in [5.74, 6) is 1.42. The van der Waals surface area contributed by atoms with Gasteiger partial charge in [0, 0.05) is 43.9 Å². The predicted octanol–water partition coefficient (Wildman–Crippen LogP) is 3.14. The Morgan fingerprint density at radius 3 is 2.42 bits per heavy atom. The van der Waals surface area contributed by atoms with Crippen LogP contribution in [0.3, 0.4) is 0 Å². The van der Waals surface area contributed by atoms with Crippen molar-refractivity contribution in [2.45, 2.75) is 64.0 Å². The van der Waals surface area contributed by atoms with Crippen LogP contribution in [0.2, 0.25) is 0 Å². The number of rotatable bonds is 15. The van der Waals surface area contributed by atoms with E-state index < -0.39 is 50.5 Å². The fourth-order valence-corrected chi connectivity index (χ4v) is 5.10. The molecule has 2 aromatic rings. The van der Waals surface area contributed by atoms with Crippen LogP contribution in [0.4, 0.5) is 20.4 Å². The Labute approximate surface area is 252 Å². The maximum Gasteiger partial charge on any atom is 0.251 e. The summed E-state index contributed by atoms with van der Waals surface area (Å²) < 4.78 is 59.8. The van der Waals surface area contributed by atoms with Gasteiger partial charge in [0.05, 0.1) is 22.9 Å². The first kappa shape index (κ1) is 34.0. The Balaban J connectivity index is 1.89. The number of nitrogens with zero attached hydrogens (tertiary/aromatic N) is 2. The molecule has 1 aromatic heterocycles. The summed E-state index contributed by atoms with van der Waals surface area (Å²) >= 11 is 0. The van der Waals surface area contributed by atoms with Gasteiger partial charge in [0.1, 0.15) is 35.6 Å². The van der Waals surface area contributed by atoms with Gasteiger partial charge in [-0.2, -0.15) is 0 Å². The number of aromatic nitrogens is 1. The molecular weight excluding hydrogens is 580 g/mol. The number of pyridine rings is 1. The van der Waals surface area contributed by atoms with E-state index in [2.05, 4.69) is 33.8 Å². The van der Waals surface area contributed by atoms with Crippen LogP contribution in [0, 0.1) is 35.8 Å². The number of sulfonamides is 1. The van der Waals surface area contributed by atoms with Gasteiger partial charge in [-0.05, 0) is 58.1 Å². The lowest BCUT2D eigenvalue weighted by molar-refractivity contribution is 0.0719. The quantitative estimate of drug-likeness (QED) is 0.223. The molecule has 4 N–H and O–H groups in total. The number of hydrogen-bond acceptors (Lipinski definition) is 8. The molecular formula is C30H41F2N5O5S. The van der Waals surface area contributed by atoms with Crippen molar-refractivity contribution < 1.29 is 31.8 Å². The van der Waals surface area contributed by atoms with E-state index in [1.54, 1.807) is 27.7 Å². The van der Waals surface area contributed by atoms with E-state index in [1.165, 1.54) is 19.2 Å². The standard InChI is InChI=1S/C30H41F2N5O5S/c1-8-30(5,6)34-16-26(38)25(17-42-24-13-22(31)12-23(32)14-24)35-29(39)20-10-27(33-15-21-9-19(21)4)36-28(11-20)37(7)43(40,41)18(2)3/h1,10-14,18-19,21,25-26,34,38H,9,15-17H2,2-7H3,(H,33,36)(H,35,39)/t19-,21+,25-,26+/m0/s1. The summed E-state index contributed by atoms with van der Waals surface area (Å²) in [5, 5.41) is 19.2. The number of β-amino-alcohol motifs (C(OH)–C–C–N with tert-alkyl or cyclic N) is 1. The third kappa shape index (κ3) is 9.51. The van der Waals surface area contributed by atoms with Crippen LogP contribution in [0.25, 0.3) is 0 Å². The molecule has 0 spiro atoms. The van der Waals surface area contributed by atoms with Crippen molar-refractivity contribution in [3.63, 3.8) is 0 Å². The monoisotopic (exact) mass is 621 g/mol. The van der Waals surface area contributed by atoms with E-state index in [1.807, 2.05) is 0 Å². The van der Waals surface area contributed by atoms with E-state index in [-0.39, 0.29) is 30.3 Å². The van der Waals surface area contributed by atoms with E-state index in [0.717, 1.165) is 22.9 Å². The summed E-state index contributed by atoms with van der Waals surface area (Å²) in [4.78, 5) is 18.0. The second-order valence-electron chi connectivity index (χ2n) is 11.7. The number of nitrogens with one attached hydrogen (secondary N) is 3. The molecule has 1 aliphatic rings. The molecule has 1 heterocycles. The lowest BCUT2D eigenvalue weighted by Gasteiger charge is -2.28. The predicted molar refractivity (Wildman–Crippen MR) is 162 cm³/mol. The first-order valence-corrected chi connectivity index (χ1v) is 15.6. The molecule has 0 bridgehead atoms. The smallest absolute Gasteiger partial charge is 0.251 e. The van der Waals surface area contributed by atoms with Crippen LogP contribution in [-0.2, 0) is 10.0 Å². The zero-order valence-electron chi connectivity index (χ0n) is 25.3. The normalized spacial score (nSPS) is 18.0. The van der Waals surface area contributed by atoms with Crippen molar-refractivity contribution in [1.29, 1.82) is 0 Å². The Bertz CT molecular complexity index is 1430. The van der Waals surface area contributed by atoms with E-state index >= 15 is 0 Å². The number of carbonyl (C=O) groups is 1. The molecule has 0 radical (unpaired) electrons. The fourth-order valence-electron chi connectivity index (χ4n) is 4.12. The summed E-state index contributed by atoms with van der Waals surface area (Å²) in [7, 11) is -2.39. The number of hydrogen-bond donors (Lipinski definition) is 4. The van der Waals surface area contributed by atoms with Crippen LogP contribution in [0.1, 0.15) is 51.4 Å². The first-order valence-electron chi connectivity index (χ1n) is 14.1. The molecule has 10 nitrogen and oxygen atoms in total. The molecule has 0 saturated heterocycles.